The van der Waals surface area contributed by atoms with E-state index in [1.165, 1.54) is 12.3 Å². The molecule has 1 aromatic carbocycles. The predicted octanol–water partition coefficient (Wildman–Crippen LogP) is 4.78. The minimum atomic E-state index is -0.505. The number of hydrogen-bond donors (Lipinski definition) is 0. The van der Waals surface area contributed by atoms with Gasteiger partial charge in [-0.1, -0.05) is 6.92 Å². The van der Waals surface area contributed by atoms with E-state index in [9.17, 15) is 8.78 Å². The maximum absolute atomic E-state index is 15.0. The first-order valence-electron chi connectivity index (χ1n) is 12.9. The van der Waals surface area contributed by atoms with Crippen molar-refractivity contribution < 1.29 is 8.78 Å². The van der Waals surface area contributed by atoms with Gasteiger partial charge in [-0.15, -0.1) is 0 Å². The summed E-state index contributed by atoms with van der Waals surface area (Å²) in [5.41, 5.74) is 3.38. The van der Waals surface area contributed by atoms with Crippen LogP contribution in [0.4, 0.5) is 8.78 Å². The average Bonchev–Trinajstić information content (AvgIpc) is 3.23. The van der Waals surface area contributed by atoms with Crippen molar-refractivity contribution in [1.29, 1.82) is 0 Å². The largest absolute Gasteiger partial charge is 0.326 e. The van der Waals surface area contributed by atoms with Crippen molar-refractivity contribution in [2.24, 2.45) is 0 Å². The highest BCUT2D eigenvalue weighted by atomic mass is 19.1. The summed E-state index contributed by atoms with van der Waals surface area (Å²) in [6.07, 6.45) is 5.26. The van der Waals surface area contributed by atoms with Gasteiger partial charge in [-0.05, 0) is 51.1 Å². The lowest BCUT2D eigenvalue weighted by Gasteiger charge is -2.33. The SMILES string of the molecule is CCN1CCN(Cc2cnc(Cc3cc(-c4cc(F)c5nc(C)n(C(C)C)c5c4)c(F)cn3)nc2)CC1. The number of likely N-dealkylation sites (N-methyl/N-ethyl adjacent to an activating group) is 1. The maximum Gasteiger partial charge on any atom is 0.151 e. The normalized spacial score (nSPS) is 15.2. The molecule has 1 fully saturated rings. The van der Waals surface area contributed by atoms with Gasteiger partial charge in [-0.3, -0.25) is 9.88 Å². The van der Waals surface area contributed by atoms with Crippen molar-refractivity contribution in [3.05, 3.63) is 71.3 Å². The van der Waals surface area contributed by atoms with Crippen LogP contribution in [0.2, 0.25) is 0 Å². The quantitative estimate of drug-likeness (QED) is 0.360. The minimum Gasteiger partial charge on any atom is -0.326 e. The number of nitrogens with zero attached hydrogens (tertiary/aromatic N) is 7. The van der Waals surface area contributed by atoms with E-state index in [2.05, 4.69) is 36.7 Å². The Hall–Kier alpha value is -3.30. The zero-order valence-electron chi connectivity index (χ0n) is 21.9. The fraction of sp³-hybridized carbons (Fsp3) is 0.429. The maximum atomic E-state index is 15.0. The van der Waals surface area contributed by atoms with E-state index in [-0.39, 0.29) is 6.04 Å². The van der Waals surface area contributed by atoms with Crippen LogP contribution >= 0.6 is 0 Å². The third-order valence-electron chi connectivity index (χ3n) is 7.08. The number of aromatic nitrogens is 5. The number of hydrogen-bond acceptors (Lipinski definition) is 6. The molecule has 1 aliphatic heterocycles. The number of fused-ring (bicyclic) bond motifs is 1. The Labute approximate surface area is 216 Å². The second-order valence-electron chi connectivity index (χ2n) is 10.00. The van der Waals surface area contributed by atoms with Crippen LogP contribution in [0.15, 0.2) is 36.8 Å². The summed E-state index contributed by atoms with van der Waals surface area (Å²) in [6, 6.07) is 4.89. The standard InChI is InChI=1S/C28H33F2N7/c1-5-35-6-8-36(9-7-35)17-20-14-32-27(33-15-20)13-22-12-23(25(30)16-31-22)21-10-24(29)28-26(11-21)37(18(2)3)19(4)34-28/h10-12,14-16,18H,5-9,13,17H2,1-4H3. The van der Waals surface area contributed by atoms with Gasteiger partial charge in [0, 0.05) is 68.0 Å². The van der Waals surface area contributed by atoms with E-state index >= 15 is 0 Å². The molecule has 4 aromatic rings. The molecule has 0 bridgehead atoms. The Balaban J connectivity index is 1.35. The Morgan fingerprint density at radius 1 is 0.892 bits per heavy atom. The van der Waals surface area contributed by atoms with E-state index in [1.54, 1.807) is 12.1 Å². The van der Waals surface area contributed by atoms with Crippen LogP contribution in [0, 0.1) is 18.6 Å². The van der Waals surface area contributed by atoms with E-state index in [0.717, 1.165) is 50.7 Å². The Kier molecular flexibility index (Phi) is 7.26. The van der Waals surface area contributed by atoms with Crippen LogP contribution in [0.25, 0.3) is 22.2 Å². The van der Waals surface area contributed by atoms with Crippen molar-refractivity contribution in [1.82, 2.24) is 34.3 Å². The second kappa shape index (κ2) is 10.6. The molecule has 0 spiro atoms. The van der Waals surface area contributed by atoms with Crippen molar-refractivity contribution in [3.8, 4) is 11.1 Å². The highest BCUT2D eigenvalue weighted by Gasteiger charge is 2.18. The molecule has 0 radical (unpaired) electrons. The Bertz CT molecular complexity index is 1390. The summed E-state index contributed by atoms with van der Waals surface area (Å²) in [5.74, 6) is 0.359. The molecule has 9 heteroatoms. The van der Waals surface area contributed by atoms with Gasteiger partial charge in [0.15, 0.2) is 5.82 Å². The molecule has 0 aliphatic carbocycles. The number of benzene rings is 1. The Morgan fingerprint density at radius 3 is 2.27 bits per heavy atom. The molecule has 4 heterocycles. The number of rotatable bonds is 7. The first kappa shape index (κ1) is 25.4. The van der Waals surface area contributed by atoms with Gasteiger partial charge in [-0.2, -0.15) is 0 Å². The number of halogens is 2. The molecule has 1 aliphatic rings. The van der Waals surface area contributed by atoms with Gasteiger partial charge in [0.1, 0.15) is 23.0 Å². The molecular formula is C28H33F2N7. The predicted molar refractivity (Wildman–Crippen MR) is 140 cm³/mol. The first-order chi connectivity index (χ1) is 17.8. The van der Waals surface area contributed by atoms with Crippen LogP contribution in [-0.2, 0) is 13.0 Å². The number of pyridine rings is 1. The molecule has 194 valence electrons. The van der Waals surface area contributed by atoms with E-state index in [1.807, 2.05) is 37.7 Å². The van der Waals surface area contributed by atoms with Crippen LogP contribution in [0.3, 0.4) is 0 Å². The Morgan fingerprint density at radius 2 is 1.59 bits per heavy atom. The molecule has 0 amide bonds. The lowest BCUT2D eigenvalue weighted by atomic mass is 10.0. The van der Waals surface area contributed by atoms with Gasteiger partial charge in [0.25, 0.3) is 0 Å². The van der Waals surface area contributed by atoms with Crippen molar-refractivity contribution in [2.45, 2.75) is 46.7 Å². The number of aryl methyl sites for hydroxylation is 1. The van der Waals surface area contributed by atoms with E-state index < -0.39 is 11.6 Å². The third-order valence-corrected chi connectivity index (χ3v) is 7.08. The van der Waals surface area contributed by atoms with Gasteiger partial charge in [0.05, 0.1) is 18.1 Å². The summed E-state index contributed by atoms with van der Waals surface area (Å²) in [7, 11) is 0. The van der Waals surface area contributed by atoms with Crippen molar-refractivity contribution in [3.63, 3.8) is 0 Å². The summed E-state index contributed by atoms with van der Waals surface area (Å²) in [5, 5.41) is 0. The number of piperazine rings is 1. The van der Waals surface area contributed by atoms with E-state index in [0.29, 0.717) is 40.1 Å². The second-order valence-corrected chi connectivity index (χ2v) is 10.00. The lowest BCUT2D eigenvalue weighted by Crippen LogP contribution is -2.45. The molecule has 7 nitrogen and oxygen atoms in total. The molecule has 0 saturated carbocycles. The topological polar surface area (TPSA) is 63.0 Å². The van der Waals surface area contributed by atoms with Crippen LogP contribution in [0.1, 0.15) is 49.7 Å². The molecule has 5 rings (SSSR count). The van der Waals surface area contributed by atoms with Crippen LogP contribution in [0.5, 0.6) is 0 Å². The monoisotopic (exact) mass is 505 g/mol. The highest BCUT2D eigenvalue weighted by molar-refractivity contribution is 5.83. The molecule has 3 aromatic heterocycles. The molecule has 0 unspecified atom stereocenters. The summed E-state index contributed by atoms with van der Waals surface area (Å²) >= 11 is 0. The van der Waals surface area contributed by atoms with Crippen molar-refractivity contribution >= 4 is 11.0 Å². The third kappa shape index (κ3) is 5.38. The van der Waals surface area contributed by atoms with Gasteiger partial charge >= 0.3 is 0 Å². The van der Waals surface area contributed by atoms with Gasteiger partial charge in [-0.25, -0.2) is 23.7 Å². The summed E-state index contributed by atoms with van der Waals surface area (Å²) in [6.45, 7) is 14.3. The molecule has 0 atom stereocenters. The molecular weight excluding hydrogens is 472 g/mol. The smallest absolute Gasteiger partial charge is 0.151 e. The summed E-state index contributed by atoms with van der Waals surface area (Å²) < 4.78 is 31.8. The first-order valence-corrected chi connectivity index (χ1v) is 12.9. The van der Waals surface area contributed by atoms with Gasteiger partial charge in [0.2, 0.25) is 0 Å². The minimum absolute atomic E-state index is 0.0959. The van der Waals surface area contributed by atoms with Crippen molar-refractivity contribution in [2.75, 3.05) is 32.7 Å². The molecule has 37 heavy (non-hydrogen) atoms. The van der Waals surface area contributed by atoms with E-state index in [4.69, 9.17) is 0 Å². The molecule has 1 saturated heterocycles. The number of imidazole rings is 1. The van der Waals surface area contributed by atoms with Gasteiger partial charge < -0.3 is 9.47 Å². The zero-order chi connectivity index (χ0) is 26.1. The van der Waals surface area contributed by atoms with Crippen LogP contribution < -0.4 is 0 Å². The summed E-state index contributed by atoms with van der Waals surface area (Å²) in [4.78, 5) is 22.6. The lowest BCUT2D eigenvalue weighted by molar-refractivity contribution is 0.131. The highest BCUT2D eigenvalue weighted by Crippen LogP contribution is 2.31. The fourth-order valence-corrected chi connectivity index (χ4v) is 5.11. The fourth-order valence-electron chi connectivity index (χ4n) is 5.11. The van der Waals surface area contributed by atoms with Crippen LogP contribution in [-0.4, -0.2) is 67.0 Å². The molecule has 0 N–H and O–H groups in total. The average molecular weight is 506 g/mol. The zero-order valence-corrected chi connectivity index (χ0v) is 21.9.